The molecule has 0 fully saturated rings. The van der Waals surface area contributed by atoms with Crippen LogP contribution in [0.2, 0.25) is 0 Å². The van der Waals surface area contributed by atoms with Gasteiger partial charge in [-0.2, -0.15) is 0 Å². The summed E-state index contributed by atoms with van der Waals surface area (Å²) in [6, 6.07) is 5.58. The van der Waals surface area contributed by atoms with Crippen LogP contribution in [0, 0.1) is 6.92 Å². The smallest absolute Gasteiger partial charge is 0.171 e. The molecule has 0 saturated heterocycles. The number of nitrogens with two attached hydrogens (primary N) is 1. The first-order valence-electron chi connectivity index (χ1n) is 4.97. The van der Waals surface area contributed by atoms with Crippen molar-refractivity contribution in [1.82, 2.24) is 4.98 Å². The lowest BCUT2D eigenvalue weighted by molar-refractivity contribution is 0.318. The van der Waals surface area contributed by atoms with Gasteiger partial charge in [-0.15, -0.1) is 11.3 Å². The third-order valence-electron chi connectivity index (χ3n) is 2.12. The second-order valence-corrected chi connectivity index (χ2v) is 6.55. The first-order chi connectivity index (χ1) is 8.60. The van der Waals surface area contributed by atoms with E-state index in [1.165, 1.54) is 11.8 Å². The van der Waals surface area contributed by atoms with E-state index in [-0.39, 0.29) is 5.84 Å². The molecule has 1 aromatic heterocycles. The molecule has 2 aromatic rings. The zero-order valence-electron chi connectivity index (χ0n) is 9.42. The maximum Gasteiger partial charge on any atom is 0.171 e. The highest BCUT2D eigenvalue weighted by Crippen LogP contribution is 2.34. The Balaban J connectivity index is 2.39. The summed E-state index contributed by atoms with van der Waals surface area (Å²) >= 11 is 6.48. The summed E-state index contributed by atoms with van der Waals surface area (Å²) in [6.07, 6.45) is 0. The van der Waals surface area contributed by atoms with Crippen LogP contribution in [0.4, 0.5) is 0 Å². The van der Waals surface area contributed by atoms with Gasteiger partial charge in [-0.1, -0.05) is 32.8 Å². The fraction of sp³-hybridized carbons (Fsp3) is 0.0909. The van der Waals surface area contributed by atoms with Gasteiger partial charge in [0.05, 0.1) is 0 Å². The number of benzene rings is 1. The van der Waals surface area contributed by atoms with Gasteiger partial charge in [0.2, 0.25) is 0 Å². The number of oxime groups is 1. The molecule has 1 aromatic carbocycles. The number of aryl methyl sites for hydroxylation is 1. The predicted molar refractivity (Wildman–Crippen MR) is 77.6 cm³/mol. The number of hydrogen-bond acceptors (Lipinski definition) is 5. The molecule has 0 saturated carbocycles. The van der Waals surface area contributed by atoms with Crippen molar-refractivity contribution < 1.29 is 5.21 Å². The minimum Gasteiger partial charge on any atom is -0.409 e. The summed E-state index contributed by atoms with van der Waals surface area (Å²) in [5.74, 6) is 0.0956. The summed E-state index contributed by atoms with van der Waals surface area (Å²) in [5, 5.41) is 13.8. The van der Waals surface area contributed by atoms with Crippen molar-refractivity contribution in [3.63, 3.8) is 0 Å². The van der Waals surface area contributed by atoms with Gasteiger partial charge in [0.15, 0.2) is 10.2 Å². The first-order valence-corrected chi connectivity index (χ1v) is 7.46. The van der Waals surface area contributed by atoms with Crippen LogP contribution in [0.15, 0.2) is 42.4 Å². The van der Waals surface area contributed by atoms with Crippen LogP contribution in [0.1, 0.15) is 11.3 Å². The van der Waals surface area contributed by atoms with Crippen LogP contribution < -0.4 is 5.73 Å². The molecule has 0 aliphatic rings. The van der Waals surface area contributed by atoms with Crippen molar-refractivity contribution in [2.24, 2.45) is 10.9 Å². The topological polar surface area (TPSA) is 71.5 Å². The van der Waals surface area contributed by atoms with E-state index in [9.17, 15) is 0 Å². The molecule has 3 N–H and O–H groups in total. The van der Waals surface area contributed by atoms with Gasteiger partial charge >= 0.3 is 0 Å². The van der Waals surface area contributed by atoms with Crippen LogP contribution in [0.3, 0.4) is 0 Å². The van der Waals surface area contributed by atoms with Gasteiger partial charge < -0.3 is 10.9 Å². The van der Waals surface area contributed by atoms with Gasteiger partial charge in [-0.05, 0) is 25.1 Å². The van der Waals surface area contributed by atoms with Gasteiger partial charge in [-0.25, -0.2) is 4.98 Å². The normalized spacial score (nSPS) is 11.8. The Morgan fingerprint density at radius 3 is 2.94 bits per heavy atom. The van der Waals surface area contributed by atoms with E-state index in [4.69, 9.17) is 10.9 Å². The van der Waals surface area contributed by atoms with E-state index < -0.39 is 0 Å². The average molecular weight is 344 g/mol. The van der Waals surface area contributed by atoms with E-state index in [0.717, 1.165) is 19.4 Å². The van der Waals surface area contributed by atoms with Gasteiger partial charge in [0.25, 0.3) is 0 Å². The van der Waals surface area contributed by atoms with Crippen molar-refractivity contribution in [1.29, 1.82) is 0 Å². The lowest BCUT2D eigenvalue weighted by atomic mass is 10.2. The summed E-state index contributed by atoms with van der Waals surface area (Å²) in [7, 11) is 0. The summed E-state index contributed by atoms with van der Waals surface area (Å²) in [6.45, 7) is 1.95. The number of amidine groups is 1. The Morgan fingerprint density at radius 1 is 1.56 bits per heavy atom. The molecule has 0 aliphatic heterocycles. The zero-order chi connectivity index (χ0) is 13.1. The lowest BCUT2D eigenvalue weighted by Crippen LogP contribution is -2.14. The third-order valence-corrected chi connectivity index (χ3v) is 4.73. The van der Waals surface area contributed by atoms with Crippen LogP contribution in [0.25, 0.3) is 0 Å². The first kappa shape index (κ1) is 13.4. The molecular weight excluding hydrogens is 334 g/mol. The molecular formula is C11H10BrN3OS2. The molecule has 0 radical (unpaired) electrons. The Morgan fingerprint density at radius 2 is 2.33 bits per heavy atom. The minimum absolute atomic E-state index is 0.0956. The Labute approximate surface area is 121 Å². The molecule has 0 spiro atoms. The molecule has 18 heavy (non-hydrogen) atoms. The molecule has 4 nitrogen and oxygen atoms in total. The maximum atomic E-state index is 8.78. The fourth-order valence-corrected chi connectivity index (χ4v) is 3.81. The van der Waals surface area contributed by atoms with Crippen LogP contribution in [-0.2, 0) is 0 Å². The SMILES string of the molecule is Cc1csc(Sc2cc(Br)ccc2/C(N)=N/O)n1. The Hall–Kier alpha value is -1.05. The highest BCUT2D eigenvalue weighted by atomic mass is 79.9. The van der Waals surface area contributed by atoms with Crippen LogP contribution in [-0.4, -0.2) is 16.0 Å². The van der Waals surface area contributed by atoms with E-state index in [1.807, 2.05) is 30.5 Å². The van der Waals surface area contributed by atoms with Crippen LogP contribution >= 0.6 is 39.0 Å². The summed E-state index contributed by atoms with van der Waals surface area (Å²) < 4.78 is 1.87. The predicted octanol–water partition coefficient (Wildman–Crippen LogP) is 3.46. The van der Waals surface area contributed by atoms with Crippen molar-refractivity contribution in [3.05, 3.63) is 39.3 Å². The molecule has 1 heterocycles. The van der Waals surface area contributed by atoms with Gasteiger partial charge in [0.1, 0.15) is 0 Å². The molecule has 94 valence electrons. The number of aromatic nitrogens is 1. The summed E-state index contributed by atoms with van der Waals surface area (Å²) in [5.41, 5.74) is 7.34. The number of rotatable bonds is 3. The fourth-order valence-electron chi connectivity index (χ4n) is 1.32. The number of hydrogen-bond donors (Lipinski definition) is 2. The highest BCUT2D eigenvalue weighted by Gasteiger charge is 2.11. The monoisotopic (exact) mass is 343 g/mol. The van der Waals surface area contributed by atoms with Crippen molar-refractivity contribution >= 4 is 44.9 Å². The molecule has 0 aliphatic carbocycles. The van der Waals surface area contributed by atoms with E-state index >= 15 is 0 Å². The molecule has 0 unspecified atom stereocenters. The maximum absolute atomic E-state index is 8.78. The van der Waals surface area contributed by atoms with Crippen molar-refractivity contribution in [2.75, 3.05) is 0 Å². The minimum atomic E-state index is 0.0956. The van der Waals surface area contributed by atoms with Crippen molar-refractivity contribution in [3.8, 4) is 0 Å². The van der Waals surface area contributed by atoms with E-state index in [0.29, 0.717) is 5.56 Å². The van der Waals surface area contributed by atoms with E-state index in [1.54, 1.807) is 11.3 Å². The second-order valence-electron chi connectivity index (χ2n) is 3.48. The van der Waals surface area contributed by atoms with Gasteiger partial charge in [0, 0.05) is 26.0 Å². The Kier molecular flexibility index (Phi) is 4.26. The quantitative estimate of drug-likeness (QED) is 0.387. The molecule has 2 rings (SSSR count). The highest BCUT2D eigenvalue weighted by molar-refractivity contribution is 9.10. The molecule has 0 amide bonds. The second kappa shape index (κ2) is 5.73. The molecule has 7 heteroatoms. The molecule has 0 atom stereocenters. The van der Waals surface area contributed by atoms with Crippen LogP contribution in [0.5, 0.6) is 0 Å². The largest absolute Gasteiger partial charge is 0.409 e. The molecule has 0 bridgehead atoms. The number of halogens is 1. The third kappa shape index (κ3) is 3.04. The Bertz CT molecular complexity index is 598. The standard InChI is InChI=1S/C11H10BrN3OS2/c1-6-5-17-11(14-6)18-9-4-7(12)2-3-8(9)10(13)15-16/h2-5,16H,1H3,(H2,13,15). The average Bonchev–Trinajstić information content (AvgIpc) is 2.74. The summed E-state index contributed by atoms with van der Waals surface area (Å²) in [4.78, 5) is 5.28. The number of nitrogens with zero attached hydrogens (tertiary/aromatic N) is 2. The van der Waals surface area contributed by atoms with Crippen molar-refractivity contribution in [2.45, 2.75) is 16.2 Å². The van der Waals surface area contributed by atoms with E-state index in [2.05, 4.69) is 26.1 Å². The lowest BCUT2D eigenvalue weighted by Gasteiger charge is -2.06. The zero-order valence-corrected chi connectivity index (χ0v) is 12.6. The van der Waals surface area contributed by atoms with Gasteiger partial charge in [-0.3, -0.25) is 0 Å². The number of thiazole rings is 1.